The maximum absolute atomic E-state index is 13.8. The summed E-state index contributed by atoms with van der Waals surface area (Å²) in [6, 6.07) is 11.2. The Morgan fingerprint density at radius 2 is 1.80 bits per heavy atom. The number of rotatable bonds is 8. The molecule has 1 amide bonds. The zero-order chi connectivity index (χ0) is 28.6. The maximum atomic E-state index is 13.8. The van der Waals surface area contributed by atoms with Gasteiger partial charge in [-0.15, -0.1) is 0 Å². The van der Waals surface area contributed by atoms with Crippen molar-refractivity contribution in [3.8, 4) is 0 Å². The number of pyridine rings is 1. The van der Waals surface area contributed by atoms with E-state index in [0.717, 1.165) is 46.4 Å². The van der Waals surface area contributed by atoms with E-state index in [9.17, 15) is 19.8 Å². The van der Waals surface area contributed by atoms with Gasteiger partial charge in [0.15, 0.2) is 0 Å². The van der Waals surface area contributed by atoms with E-state index in [1.807, 2.05) is 28.8 Å². The third-order valence-corrected chi connectivity index (χ3v) is 9.22. The Morgan fingerprint density at radius 1 is 1.05 bits per heavy atom. The molecule has 41 heavy (non-hydrogen) atoms. The van der Waals surface area contributed by atoms with Gasteiger partial charge in [0.05, 0.1) is 24.5 Å². The van der Waals surface area contributed by atoms with Gasteiger partial charge < -0.3 is 24.7 Å². The van der Waals surface area contributed by atoms with Gasteiger partial charge in [0.2, 0.25) is 11.3 Å². The number of nitrogens with one attached hydrogen (secondary N) is 1. The Morgan fingerprint density at radius 3 is 2.56 bits per heavy atom. The van der Waals surface area contributed by atoms with Crippen molar-refractivity contribution in [1.82, 2.24) is 19.5 Å². The molecule has 11 heteroatoms. The first kappa shape index (κ1) is 28.4. The molecule has 0 radical (unpaired) electrons. The molecular formula is C30H33ClN4O5S. The van der Waals surface area contributed by atoms with E-state index in [1.54, 1.807) is 23.2 Å². The summed E-state index contributed by atoms with van der Waals surface area (Å²) in [5.74, 6) is -1.19. The van der Waals surface area contributed by atoms with Crippen molar-refractivity contribution in [2.75, 3.05) is 50.9 Å². The Balaban J connectivity index is 1.35. The third kappa shape index (κ3) is 6.10. The van der Waals surface area contributed by atoms with E-state index in [4.69, 9.17) is 16.3 Å². The molecule has 0 aliphatic carbocycles. The molecule has 9 nitrogen and oxygen atoms in total. The molecule has 0 spiro atoms. The van der Waals surface area contributed by atoms with Crippen LogP contribution in [-0.4, -0.2) is 87.1 Å². The van der Waals surface area contributed by atoms with Gasteiger partial charge in [-0.2, -0.15) is 11.8 Å². The summed E-state index contributed by atoms with van der Waals surface area (Å²) in [4.78, 5) is 31.0. The number of halogens is 1. The fraction of sp³-hybridized carbons (Fsp3) is 0.400. The molecule has 2 saturated heterocycles. The monoisotopic (exact) mass is 596 g/mol. The minimum atomic E-state index is -1.84. The van der Waals surface area contributed by atoms with E-state index >= 15 is 0 Å². The first-order valence-electron chi connectivity index (χ1n) is 13.8. The number of benzene rings is 2. The largest absolute Gasteiger partial charge is 0.379 e. The average Bonchev–Trinajstić information content (AvgIpc) is 3.31. The molecule has 0 bridgehead atoms. The second-order valence-corrected chi connectivity index (χ2v) is 12.3. The molecule has 0 saturated carbocycles. The lowest BCUT2D eigenvalue weighted by atomic mass is 10.0. The number of morpholine rings is 1. The van der Waals surface area contributed by atoms with Crippen LogP contribution in [0, 0.1) is 0 Å². The number of carbonyl (C=O) groups excluding carboxylic acids is 1. The van der Waals surface area contributed by atoms with Crippen LogP contribution in [-0.2, 0) is 24.2 Å². The first-order valence-corrected chi connectivity index (χ1v) is 15.3. The van der Waals surface area contributed by atoms with Gasteiger partial charge in [-0.25, -0.2) is 0 Å². The van der Waals surface area contributed by atoms with Crippen molar-refractivity contribution in [3.05, 3.63) is 86.3 Å². The molecule has 2 aliphatic heterocycles. The number of aromatic nitrogens is 1. The summed E-state index contributed by atoms with van der Waals surface area (Å²) in [5, 5.41) is 25.9. The molecule has 4 aromatic rings. The second-order valence-electron chi connectivity index (χ2n) is 10.7. The lowest BCUT2D eigenvalue weighted by Crippen LogP contribution is -2.55. The van der Waals surface area contributed by atoms with E-state index in [1.165, 1.54) is 11.8 Å². The number of carbonyl (C=O) groups is 1. The van der Waals surface area contributed by atoms with Gasteiger partial charge in [-0.05, 0) is 47.4 Å². The molecule has 3 N–H and O–H groups in total. The number of hydrogen-bond acceptors (Lipinski definition) is 8. The van der Waals surface area contributed by atoms with E-state index in [2.05, 4.69) is 16.3 Å². The Hall–Kier alpha value is -2.70. The SMILES string of the molecule is O=C(NCc1ccc(Cl)cc1)c1cn2cc(CCN3CCSCC3(O)O)c3cc(CN4CCOCC4)cc(c1=O)c32. The Labute approximate surface area is 247 Å². The Bertz CT molecular complexity index is 1600. The van der Waals surface area contributed by atoms with Crippen LogP contribution in [0.4, 0.5) is 0 Å². The number of ether oxygens (including phenoxy) is 1. The average molecular weight is 597 g/mol. The lowest BCUT2D eigenvalue weighted by Gasteiger charge is -2.38. The van der Waals surface area contributed by atoms with E-state index < -0.39 is 11.8 Å². The highest BCUT2D eigenvalue weighted by Gasteiger charge is 2.34. The number of nitrogens with zero attached hydrogens (tertiary/aromatic N) is 3. The molecule has 216 valence electrons. The van der Waals surface area contributed by atoms with Crippen LogP contribution in [0.2, 0.25) is 5.02 Å². The molecule has 2 aliphatic rings. The zero-order valence-corrected chi connectivity index (χ0v) is 24.2. The molecule has 2 aromatic carbocycles. The minimum absolute atomic E-state index is 0.0798. The van der Waals surface area contributed by atoms with Crippen LogP contribution in [0.3, 0.4) is 0 Å². The van der Waals surface area contributed by atoms with Crippen LogP contribution in [0.5, 0.6) is 0 Å². The van der Waals surface area contributed by atoms with Gasteiger partial charge in [0.25, 0.3) is 5.91 Å². The number of amides is 1. The van der Waals surface area contributed by atoms with Gasteiger partial charge >= 0.3 is 0 Å². The van der Waals surface area contributed by atoms with Crippen molar-refractivity contribution in [1.29, 1.82) is 0 Å². The fourth-order valence-electron chi connectivity index (χ4n) is 5.69. The summed E-state index contributed by atoms with van der Waals surface area (Å²) < 4.78 is 7.37. The van der Waals surface area contributed by atoms with Crippen molar-refractivity contribution in [2.24, 2.45) is 0 Å². The van der Waals surface area contributed by atoms with Gasteiger partial charge in [0, 0.05) is 73.2 Å². The standard InChI is InChI=1S/C30H33ClN4O5S/c31-23-3-1-20(2-4-23)15-32-29(37)26-18-34-17-22(5-6-35-9-12-41-19-30(35,38)39)24-13-21(14-25(27(24)34)28(26)36)16-33-7-10-40-11-8-33/h1-4,13-14,17-18,38-39H,5-12,15-16,19H2,(H,32,37). The van der Waals surface area contributed by atoms with Gasteiger partial charge in [-0.3, -0.25) is 19.4 Å². The predicted molar refractivity (Wildman–Crippen MR) is 161 cm³/mol. The summed E-state index contributed by atoms with van der Waals surface area (Å²) in [6.07, 6.45) is 4.14. The second kappa shape index (κ2) is 11.9. The molecule has 2 aromatic heterocycles. The third-order valence-electron chi connectivity index (χ3n) is 7.91. The number of aliphatic hydroxyl groups is 2. The van der Waals surface area contributed by atoms with E-state index in [0.29, 0.717) is 49.7 Å². The van der Waals surface area contributed by atoms with Crippen LogP contribution in [0.15, 0.2) is 53.6 Å². The minimum Gasteiger partial charge on any atom is -0.379 e. The van der Waals surface area contributed by atoms with E-state index in [-0.39, 0.29) is 23.3 Å². The molecule has 4 heterocycles. The molecular weight excluding hydrogens is 564 g/mol. The summed E-state index contributed by atoms with van der Waals surface area (Å²) in [6.45, 7) is 4.97. The highest BCUT2D eigenvalue weighted by atomic mass is 35.5. The van der Waals surface area contributed by atoms with Crippen molar-refractivity contribution in [3.63, 3.8) is 0 Å². The first-order chi connectivity index (χ1) is 19.8. The normalized spacial score (nSPS) is 18.3. The summed E-state index contributed by atoms with van der Waals surface area (Å²) >= 11 is 7.50. The Kier molecular flexibility index (Phi) is 8.24. The topological polar surface area (TPSA) is 107 Å². The molecule has 2 fully saturated rings. The zero-order valence-electron chi connectivity index (χ0n) is 22.6. The van der Waals surface area contributed by atoms with Crippen molar-refractivity contribution >= 4 is 45.6 Å². The smallest absolute Gasteiger partial charge is 0.257 e. The van der Waals surface area contributed by atoms with Crippen molar-refractivity contribution < 1.29 is 19.7 Å². The molecule has 6 rings (SSSR count). The lowest BCUT2D eigenvalue weighted by molar-refractivity contribution is -0.246. The van der Waals surface area contributed by atoms with Crippen LogP contribution >= 0.6 is 23.4 Å². The van der Waals surface area contributed by atoms with Gasteiger partial charge in [0.1, 0.15) is 5.56 Å². The number of thioether (sulfide) groups is 1. The van der Waals surface area contributed by atoms with Crippen LogP contribution < -0.4 is 10.7 Å². The van der Waals surface area contributed by atoms with Crippen LogP contribution in [0.25, 0.3) is 16.3 Å². The predicted octanol–water partition coefficient (Wildman–Crippen LogP) is 2.54. The maximum Gasteiger partial charge on any atom is 0.257 e. The van der Waals surface area contributed by atoms with Gasteiger partial charge in [-0.1, -0.05) is 23.7 Å². The summed E-state index contributed by atoms with van der Waals surface area (Å²) in [7, 11) is 0. The van der Waals surface area contributed by atoms with Crippen molar-refractivity contribution in [2.45, 2.75) is 25.4 Å². The quantitative estimate of drug-likeness (QED) is 0.267. The molecule has 0 unspecified atom stereocenters. The summed E-state index contributed by atoms with van der Waals surface area (Å²) in [5.41, 5.74) is 3.42. The highest BCUT2D eigenvalue weighted by molar-refractivity contribution is 7.99. The highest BCUT2D eigenvalue weighted by Crippen LogP contribution is 2.29. The fourth-order valence-corrected chi connectivity index (χ4v) is 6.76. The number of hydrogen-bond donors (Lipinski definition) is 3. The molecule has 0 atom stereocenters. The van der Waals surface area contributed by atoms with Crippen LogP contribution in [0.1, 0.15) is 27.0 Å².